The standard InChI is InChI=1S/C36H49Cl2O10P/c1-2-3-4-5-6-7-8-9-10-11-12-13-14-15-16-17-20-47-49(45,46)48-21-18-19-28(26-22-29(35(41)42)33(39)31(37)24-26)27-23-30(36(43)44)34(40)32(38)25-27/h9-10,19,22-25,39-40H,2-8,11-18,20-21H2,1H3,(H,41,42)(H,43,44)(H,45,46). The van der Waals surface area contributed by atoms with E-state index in [-0.39, 0.29) is 46.4 Å². The number of hydrogen-bond donors (Lipinski definition) is 5. The first-order valence-electron chi connectivity index (χ1n) is 16.9. The summed E-state index contributed by atoms with van der Waals surface area (Å²) in [7, 11) is -4.36. The molecule has 1 unspecified atom stereocenters. The molecule has 0 saturated carbocycles. The topological polar surface area (TPSA) is 171 Å². The SMILES string of the molecule is CCCCCCCCC=CCCCCCCCCOP(=O)(O)OCCC=C(c1cc(Cl)c(O)c(C(=O)O)c1)c1cc(Cl)c(O)c(C(=O)O)c1. The number of carboxylic acids is 2. The molecule has 2 aromatic rings. The molecule has 2 rings (SSSR count). The molecule has 0 aliphatic carbocycles. The summed E-state index contributed by atoms with van der Waals surface area (Å²) in [5.41, 5.74) is -0.460. The number of phenols is 2. The van der Waals surface area contributed by atoms with Gasteiger partial charge in [0.1, 0.15) is 22.6 Å². The minimum absolute atomic E-state index is 0.000715. The van der Waals surface area contributed by atoms with Gasteiger partial charge in [-0.15, -0.1) is 0 Å². The van der Waals surface area contributed by atoms with Gasteiger partial charge in [-0.1, -0.05) is 106 Å². The van der Waals surface area contributed by atoms with Crippen LogP contribution in [-0.2, 0) is 13.6 Å². The molecule has 5 N–H and O–H groups in total. The highest BCUT2D eigenvalue weighted by molar-refractivity contribution is 7.47. The Morgan fingerprint density at radius 2 is 1.10 bits per heavy atom. The molecule has 13 heteroatoms. The van der Waals surface area contributed by atoms with E-state index in [0.29, 0.717) is 6.42 Å². The summed E-state index contributed by atoms with van der Waals surface area (Å²) in [6.07, 6.45) is 22.1. The number of benzene rings is 2. The molecule has 0 spiro atoms. The van der Waals surface area contributed by atoms with Crippen LogP contribution in [0.3, 0.4) is 0 Å². The van der Waals surface area contributed by atoms with Crippen molar-refractivity contribution in [2.75, 3.05) is 13.2 Å². The Morgan fingerprint density at radius 1 is 0.673 bits per heavy atom. The van der Waals surface area contributed by atoms with Crippen molar-refractivity contribution in [3.05, 3.63) is 74.8 Å². The molecule has 0 aromatic heterocycles. The third kappa shape index (κ3) is 15.7. The Bertz CT molecular complexity index is 1400. The number of halogens is 2. The van der Waals surface area contributed by atoms with Crippen LogP contribution in [0.1, 0.15) is 135 Å². The van der Waals surface area contributed by atoms with Crippen molar-refractivity contribution in [2.24, 2.45) is 0 Å². The van der Waals surface area contributed by atoms with E-state index in [1.165, 1.54) is 56.7 Å². The first-order chi connectivity index (χ1) is 23.4. The van der Waals surface area contributed by atoms with E-state index in [4.69, 9.17) is 32.2 Å². The van der Waals surface area contributed by atoms with Crippen molar-refractivity contribution >= 4 is 48.5 Å². The average Bonchev–Trinajstić information content (AvgIpc) is 3.04. The normalized spacial score (nSPS) is 12.7. The second kappa shape index (κ2) is 22.8. The van der Waals surface area contributed by atoms with Gasteiger partial charge < -0.3 is 25.3 Å². The number of aromatic hydroxyl groups is 2. The Morgan fingerprint density at radius 3 is 1.57 bits per heavy atom. The first kappa shape index (κ1) is 42.3. The van der Waals surface area contributed by atoms with Gasteiger partial charge in [0.15, 0.2) is 0 Å². The van der Waals surface area contributed by atoms with E-state index < -0.39 is 42.4 Å². The van der Waals surface area contributed by atoms with Gasteiger partial charge in [-0.05, 0) is 79.5 Å². The summed E-state index contributed by atoms with van der Waals surface area (Å²) < 4.78 is 22.6. The van der Waals surface area contributed by atoms with Crippen LogP contribution in [0.15, 0.2) is 42.5 Å². The second-order valence-electron chi connectivity index (χ2n) is 11.8. The van der Waals surface area contributed by atoms with Crippen LogP contribution in [-0.4, -0.2) is 50.5 Å². The number of carboxylic acid groups (broad SMARTS) is 2. The molecule has 0 aliphatic heterocycles. The number of phosphoric ester groups is 1. The van der Waals surface area contributed by atoms with Gasteiger partial charge in [-0.25, -0.2) is 14.2 Å². The Balaban J connectivity index is 1.84. The van der Waals surface area contributed by atoms with E-state index in [1.807, 2.05) is 0 Å². The van der Waals surface area contributed by atoms with Crippen molar-refractivity contribution in [3.8, 4) is 11.5 Å². The van der Waals surface area contributed by atoms with Crippen molar-refractivity contribution in [1.82, 2.24) is 0 Å². The first-order valence-corrected chi connectivity index (χ1v) is 19.1. The summed E-state index contributed by atoms with van der Waals surface area (Å²) >= 11 is 12.2. The zero-order valence-electron chi connectivity index (χ0n) is 28.0. The fourth-order valence-corrected chi connectivity index (χ4v) is 6.38. The molecule has 0 fully saturated rings. The monoisotopic (exact) mass is 742 g/mol. The predicted octanol–water partition coefficient (Wildman–Crippen LogP) is 10.8. The van der Waals surface area contributed by atoms with Gasteiger partial charge >= 0.3 is 19.8 Å². The van der Waals surface area contributed by atoms with Gasteiger partial charge in [0.2, 0.25) is 0 Å². The summed E-state index contributed by atoms with van der Waals surface area (Å²) in [5.74, 6) is -4.23. The van der Waals surface area contributed by atoms with E-state index in [0.717, 1.165) is 57.1 Å². The molecule has 1 atom stereocenters. The lowest BCUT2D eigenvalue weighted by Crippen LogP contribution is -2.02. The van der Waals surface area contributed by atoms with Crippen molar-refractivity contribution in [3.63, 3.8) is 0 Å². The largest absolute Gasteiger partial charge is 0.505 e. The maximum absolute atomic E-state index is 12.4. The number of rotatable bonds is 25. The van der Waals surface area contributed by atoms with Crippen LogP contribution in [0.25, 0.3) is 5.57 Å². The molecule has 2 aromatic carbocycles. The highest BCUT2D eigenvalue weighted by Gasteiger charge is 2.22. The minimum atomic E-state index is -4.36. The van der Waals surface area contributed by atoms with E-state index in [9.17, 15) is 39.5 Å². The number of hydrogen-bond acceptors (Lipinski definition) is 7. The maximum Gasteiger partial charge on any atom is 0.472 e. The summed E-state index contributed by atoms with van der Waals surface area (Å²) in [6, 6.07) is 4.80. The zero-order chi connectivity index (χ0) is 36.2. The molecule has 272 valence electrons. The predicted molar refractivity (Wildman–Crippen MR) is 193 cm³/mol. The third-order valence-corrected chi connectivity index (χ3v) is 9.43. The molecular formula is C36H49Cl2O10P. The Kier molecular flexibility index (Phi) is 19.7. The van der Waals surface area contributed by atoms with Gasteiger partial charge in [0, 0.05) is 0 Å². The van der Waals surface area contributed by atoms with Gasteiger partial charge in [-0.2, -0.15) is 0 Å². The Hall–Kier alpha value is -2.85. The molecule has 49 heavy (non-hydrogen) atoms. The van der Waals surface area contributed by atoms with E-state index in [2.05, 4.69) is 19.1 Å². The molecule has 0 bridgehead atoms. The number of phosphoric acid groups is 1. The van der Waals surface area contributed by atoms with Crippen LogP contribution in [0.4, 0.5) is 0 Å². The molecular weight excluding hydrogens is 694 g/mol. The molecule has 0 saturated heterocycles. The summed E-state index contributed by atoms with van der Waals surface area (Å²) in [4.78, 5) is 33.5. The van der Waals surface area contributed by atoms with Crippen molar-refractivity contribution in [1.29, 1.82) is 0 Å². The molecule has 0 aliphatic rings. The second-order valence-corrected chi connectivity index (χ2v) is 14.1. The van der Waals surface area contributed by atoms with Crippen molar-refractivity contribution < 1.29 is 48.5 Å². The highest BCUT2D eigenvalue weighted by Crippen LogP contribution is 2.44. The van der Waals surface area contributed by atoms with Gasteiger partial charge in [0.25, 0.3) is 0 Å². The van der Waals surface area contributed by atoms with Gasteiger partial charge in [0.05, 0.1) is 23.3 Å². The van der Waals surface area contributed by atoms with Crippen LogP contribution < -0.4 is 0 Å². The maximum atomic E-state index is 12.4. The number of carbonyl (C=O) groups is 2. The van der Waals surface area contributed by atoms with Crippen LogP contribution >= 0.6 is 31.0 Å². The molecule has 0 radical (unpaired) electrons. The smallest absolute Gasteiger partial charge is 0.472 e. The fourth-order valence-electron chi connectivity index (χ4n) is 5.18. The fraction of sp³-hybridized carbons (Fsp3) is 0.500. The average molecular weight is 744 g/mol. The lowest BCUT2D eigenvalue weighted by Gasteiger charge is -2.15. The lowest BCUT2D eigenvalue weighted by atomic mass is 9.93. The quantitative estimate of drug-likeness (QED) is 0.0374. The third-order valence-electron chi connectivity index (χ3n) is 7.84. The van der Waals surface area contributed by atoms with Crippen LogP contribution in [0, 0.1) is 0 Å². The van der Waals surface area contributed by atoms with E-state index >= 15 is 0 Å². The summed E-state index contributed by atoms with van der Waals surface area (Å²) in [5, 5.41) is 38.7. The van der Waals surface area contributed by atoms with Crippen LogP contribution in [0.5, 0.6) is 11.5 Å². The minimum Gasteiger partial charge on any atom is -0.505 e. The van der Waals surface area contributed by atoms with Crippen molar-refractivity contribution in [2.45, 2.75) is 103 Å². The number of allylic oxidation sites excluding steroid dienone is 2. The van der Waals surface area contributed by atoms with Crippen LogP contribution in [0.2, 0.25) is 10.0 Å². The molecule has 0 amide bonds. The lowest BCUT2D eigenvalue weighted by molar-refractivity contribution is 0.0682. The number of unbranched alkanes of at least 4 members (excludes halogenated alkanes) is 12. The molecule has 0 heterocycles. The van der Waals surface area contributed by atoms with Gasteiger partial charge in [-0.3, -0.25) is 9.05 Å². The zero-order valence-corrected chi connectivity index (χ0v) is 30.4. The Labute approximate surface area is 299 Å². The number of aromatic carboxylic acids is 2. The van der Waals surface area contributed by atoms with E-state index in [1.54, 1.807) is 0 Å². The molecule has 10 nitrogen and oxygen atoms in total. The highest BCUT2D eigenvalue weighted by atomic mass is 35.5. The summed E-state index contributed by atoms with van der Waals surface area (Å²) in [6.45, 7) is 2.01.